The number of nitrogens with zero attached hydrogens (tertiary/aromatic N) is 2. The molecule has 0 spiro atoms. The van der Waals surface area contributed by atoms with Crippen molar-refractivity contribution in [1.29, 1.82) is 0 Å². The Morgan fingerprint density at radius 1 is 1.67 bits per heavy atom. The molecule has 2 aromatic rings. The van der Waals surface area contributed by atoms with E-state index in [1.807, 2.05) is 22.6 Å². The predicted molar refractivity (Wildman–Crippen MR) is 53.5 cm³/mol. The van der Waals surface area contributed by atoms with Gasteiger partial charge in [-0.2, -0.15) is 0 Å². The molecule has 0 saturated heterocycles. The lowest BCUT2D eigenvalue weighted by atomic mass is 10.6. The Kier molecular flexibility index (Phi) is 1.84. The van der Waals surface area contributed by atoms with Crippen LogP contribution in [0.1, 0.15) is 0 Å². The minimum Gasteiger partial charge on any atom is -0.297 e. The van der Waals surface area contributed by atoms with Gasteiger partial charge in [-0.05, 0) is 22.6 Å². The van der Waals surface area contributed by atoms with Gasteiger partial charge in [0.1, 0.15) is 14.5 Å². The van der Waals surface area contributed by atoms with E-state index in [9.17, 15) is 4.79 Å². The van der Waals surface area contributed by atoms with E-state index in [0.717, 1.165) is 3.70 Å². The number of imidazole rings is 1. The van der Waals surface area contributed by atoms with Crippen LogP contribution in [-0.2, 0) is 0 Å². The van der Waals surface area contributed by atoms with Crippen molar-refractivity contribution in [2.45, 2.75) is 0 Å². The van der Waals surface area contributed by atoms with Crippen LogP contribution >= 0.6 is 34.2 Å². The van der Waals surface area contributed by atoms with Gasteiger partial charge in [0.25, 0.3) is 0 Å². The molecular formula is C6H3ClIN3O. The highest BCUT2D eigenvalue weighted by molar-refractivity contribution is 14.1. The Morgan fingerprint density at radius 3 is 3.17 bits per heavy atom. The topological polar surface area (TPSA) is 50.2 Å². The first-order valence-electron chi connectivity index (χ1n) is 3.10. The SMILES string of the molecule is O=c1[nH]c(Cl)cc2ncc(I)n12. The van der Waals surface area contributed by atoms with Crippen LogP contribution in [0.3, 0.4) is 0 Å². The van der Waals surface area contributed by atoms with Gasteiger partial charge >= 0.3 is 5.69 Å². The molecule has 1 N–H and O–H groups in total. The van der Waals surface area contributed by atoms with Gasteiger partial charge in [-0.3, -0.25) is 4.98 Å². The molecule has 2 heterocycles. The van der Waals surface area contributed by atoms with Crippen molar-refractivity contribution in [2.75, 3.05) is 0 Å². The average Bonchev–Trinajstić information content (AvgIpc) is 2.31. The van der Waals surface area contributed by atoms with Crippen LogP contribution in [-0.4, -0.2) is 14.4 Å². The second kappa shape index (κ2) is 2.74. The number of hydrogen-bond donors (Lipinski definition) is 1. The number of aromatic nitrogens is 3. The molecule has 2 rings (SSSR count). The van der Waals surface area contributed by atoms with Gasteiger partial charge < -0.3 is 0 Å². The van der Waals surface area contributed by atoms with Crippen LogP contribution in [0.5, 0.6) is 0 Å². The van der Waals surface area contributed by atoms with E-state index < -0.39 is 0 Å². The zero-order valence-corrected chi connectivity index (χ0v) is 8.63. The second-order valence-electron chi connectivity index (χ2n) is 2.20. The molecule has 0 atom stereocenters. The van der Waals surface area contributed by atoms with Crippen molar-refractivity contribution in [1.82, 2.24) is 14.4 Å². The molecule has 4 nitrogen and oxygen atoms in total. The molecule has 0 amide bonds. The summed E-state index contributed by atoms with van der Waals surface area (Å²) in [6.45, 7) is 0. The maximum Gasteiger partial charge on any atom is 0.333 e. The predicted octanol–water partition coefficient (Wildman–Crippen LogP) is 1.28. The van der Waals surface area contributed by atoms with E-state index >= 15 is 0 Å². The quantitative estimate of drug-likeness (QED) is 0.588. The van der Waals surface area contributed by atoms with Gasteiger partial charge in [0, 0.05) is 6.07 Å². The summed E-state index contributed by atoms with van der Waals surface area (Å²) in [6.07, 6.45) is 1.61. The van der Waals surface area contributed by atoms with Crippen LogP contribution in [0.25, 0.3) is 5.65 Å². The molecule has 62 valence electrons. The smallest absolute Gasteiger partial charge is 0.297 e. The van der Waals surface area contributed by atoms with Gasteiger partial charge in [0.2, 0.25) is 0 Å². The zero-order chi connectivity index (χ0) is 8.72. The second-order valence-corrected chi connectivity index (χ2v) is 3.71. The lowest BCUT2D eigenvalue weighted by Gasteiger charge is -1.93. The third-order valence-electron chi connectivity index (χ3n) is 1.43. The third kappa shape index (κ3) is 1.13. The van der Waals surface area contributed by atoms with Crippen molar-refractivity contribution in [3.05, 3.63) is 31.6 Å². The van der Waals surface area contributed by atoms with Crippen molar-refractivity contribution >= 4 is 39.8 Å². The minimum absolute atomic E-state index is 0.264. The fraction of sp³-hybridized carbons (Fsp3) is 0. The van der Waals surface area contributed by atoms with Gasteiger partial charge in [-0.1, -0.05) is 11.6 Å². The summed E-state index contributed by atoms with van der Waals surface area (Å²) in [5.41, 5.74) is 0.299. The summed E-state index contributed by atoms with van der Waals surface area (Å²) in [7, 11) is 0. The fourth-order valence-corrected chi connectivity index (χ4v) is 1.74. The van der Waals surface area contributed by atoms with Crippen LogP contribution < -0.4 is 5.69 Å². The van der Waals surface area contributed by atoms with Crippen LogP contribution in [0.4, 0.5) is 0 Å². The number of halogens is 2. The molecule has 0 unspecified atom stereocenters. The van der Waals surface area contributed by atoms with Crippen molar-refractivity contribution in [3.8, 4) is 0 Å². The number of fused-ring (bicyclic) bond motifs is 1. The summed E-state index contributed by atoms with van der Waals surface area (Å²) in [6, 6.07) is 1.60. The Bertz CT molecular complexity index is 489. The fourth-order valence-electron chi connectivity index (χ4n) is 0.955. The standard InChI is InChI=1S/C6H3ClIN3O/c7-3-1-5-9-2-4(8)11(5)6(12)10-3/h1-2H,(H,10,12). The number of H-pyrrole nitrogens is 1. The molecule has 0 bridgehead atoms. The molecule has 0 aliphatic carbocycles. The summed E-state index contributed by atoms with van der Waals surface area (Å²) < 4.78 is 2.22. The van der Waals surface area contributed by atoms with E-state index in [2.05, 4.69) is 9.97 Å². The van der Waals surface area contributed by atoms with Crippen LogP contribution in [0, 0.1) is 3.70 Å². The molecule has 0 aromatic carbocycles. The van der Waals surface area contributed by atoms with E-state index in [1.165, 1.54) is 4.40 Å². The first-order valence-corrected chi connectivity index (χ1v) is 4.56. The number of nitrogens with one attached hydrogen (secondary N) is 1. The van der Waals surface area contributed by atoms with Crippen molar-refractivity contribution < 1.29 is 0 Å². The molecule has 0 saturated carbocycles. The van der Waals surface area contributed by atoms with Crippen LogP contribution in [0.15, 0.2) is 17.1 Å². The Balaban J connectivity index is 3.03. The van der Waals surface area contributed by atoms with Gasteiger partial charge in [0.15, 0.2) is 0 Å². The average molecular weight is 295 g/mol. The monoisotopic (exact) mass is 295 g/mol. The molecular weight excluding hydrogens is 292 g/mol. The van der Waals surface area contributed by atoms with Gasteiger partial charge in [0.05, 0.1) is 6.20 Å². The molecule has 6 heteroatoms. The lowest BCUT2D eigenvalue weighted by Crippen LogP contribution is -2.16. The first kappa shape index (κ1) is 8.06. The maximum atomic E-state index is 11.3. The molecule has 0 aliphatic rings. The molecule has 0 radical (unpaired) electrons. The number of aromatic amines is 1. The highest BCUT2D eigenvalue weighted by Gasteiger charge is 2.03. The van der Waals surface area contributed by atoms with Gasteiger partial charge in [-0.15, -0.1) is 0 Å². The summed E-state index contributed by atoms with van der Waals surface area (Å²) in [5.74, 6) is 0. The summed E-state index contributed by atoms with van der Waals surface area (Å²) >= 11 is 7.65. The Labute approximate surface area is 85.7 Å². The summed E-state index contributed by atoms with van der Waals surface area (Å²) in [4.78, 5) is 17.7. The zero-order valence-electron chi connectivity index (χ0n) is 5.71. The number of rotatable bonds is 0. The lowest BCUT2D eigenvalue weighted by molar-refractivity contribution is 0.984. The molecule has 0 aliphatic heterocycles. The minimum atomic E-state index is -0.264. The Morgan fingerprint density at radius 2 is 2.42 bits per heavy atom. The van der Waals surface area contributed by atoms with Gasteiger partial charge in [-0.25, -0.2) is 14.2 Å². The molecule has 2 aromatic heterocycles. The van der Waals surface area contributed by atoms with Crippen molar-refractivity contribution in [3.63, 3.8) is 0 Å². The Hall–Kier alpha value is -0.560. The first-order chi connectivity index (χ1) is 5.68. The molecule has 12 heavy (non-hydrogen) atoms. The number of hydrogen-bond acceptors (Lipinski definition) is 2. The highest BCUT2D eigenvalue weighted by Crippen LogP contribution is 2.08. The van der Waals surface area contributed by atoms with Crippen molar-refractivity contribution in [2.24, 2.45) is 0 Å². The van der Waals surface area contributed by atoms with E-state index in [4.69, 9.17) is 11.6 Å². The third-order valence-corrected chi connectivity index (χ3v) is 2.40. The summed E-state index contributed by atoms with van der Waals surface area (Å²) in [5, 5.41) is 0.300. The largest absolute Gasteiger partial charge is 0.333 e. The normalized spacial score (nSPS) is 10.8. The van der Waals surface area contributed by atoms with E-state index in [1.54, 1.807) is 12.3 Å². The van der Waals surface area contributed by atoms with Crippen LogP contribution in [0.2, 0.25) is 5.15 Å². The van der Waals surface area contributed by atoms with E-state index in [-0.39, 0.29) is 5.69 Å². The highest BCUT2D eigenvalue weighted by atomic mass is 127. The molecule has 0 fully saturated rings. The maximum absolute atomic E-state index is 11.3. The van der Waals surface area contributed by atoms with E-state index in [0.29, 0.717) is 10.8 Å².